The lowest BCUT2D eigenvalue weighted by Crippen LogP contribution is -2.12. The number of aromatic nitrogens is 5. The predicted octanol–water partition coefficient (Wildman–Crippen LogP) is 17.6. The summed E-state index contributed by atoms with van der Waals surface area (Å²) in [4.78, 5) is 15.5. The van der Waals surface area contributed by atoms with Crippen molar-refractivity contribution in [2.45, 2.75) is 6.18 Å². The van der Waals surface area contributed by atoms with Gasteiger partial charge in [0, 0.05) is 83.2 Å². The number of hydrogen-bond donors (Lipinski definition) is 0. The predicted molar refractivity (Wildman–Crippen MR) is 290 cm³/mol. The molecule has 5 aromatic heterocycles. The maximum Gasteiger partial charge on any atom is 0.418 e. The van der Waals surface area contributed by atoms with Crippen LogP contribution in [0.5, 0.6) is 0 Å². The second-order valence-electron chi connectivity index (χ2n) is 18.6. The van der Waals surface area contributed by atoms with E-state index in [4.69, 9.17) is 23.8 Å². The van der Waals surface area contributed by atoms with E-state index < -0.39 is 11.7 Å². The number of rotatable bonds is 6. The van der Waals surface area contributed by atoms with E-state index in [0.717, 1.165) is 88.2 Å². The molecule has 15 aromatic rings. The molecule has 0 aliphatic rings. The zero-order valence-corrected chi connectivity index (χ0v) is 39.0. The highest BCUT2D eigenvalue weighted by atomic mass is 19.4. The first-order valence-electron chi connectivity index (χ1n) is 24.2. The van der Waals surface area contributed by atoms with Crippen molar-refractivity contribution in [2.75, 3.05) is 0 Å². The summed E-state index contributed by atoms with van der Waals surface area (Å²) in [6, 6.07) is 69.4. The van der Waals surface area contributed by atoms with E-state index >= 15 is 13.2 Å². The van der Waals surface area contributed by atoms with Crippen LogP contribution >= 0.6 is 0 Å². The summed E-state index contributed by atoms with van der Waals surface area (Å²) in [6.07, 6.45) is -4.77. The molecule has 0 amide bonds. The van der Waals surface area contributed by atoms with Crippen molar-refractivity contribution in [3.63, 3.8) is 0 Å². The van der Waals surface area contributed by atoms with E-state index in [2.05, 4.69) is 34.9 Å². The zero-order valence-electron chi connectivity index (χ0n) is 39.0. The van der Waals surface area contributed by atoms with Crippen molar-refractivity contribution in [2.24, 2.45) is 0 Å². The molecule has 0 fully saturated rings. The Labute approximate surface area is 418 Å². The zero-order chi connectivity index (χ0) is 49.2. The third-order valence-electron chi connectivity index (χ3n) is 14.4. The number of halogens is 3. The van der Waals surface area contributed by atoms with E-state index in [0.29, 0.717) is 50.5 Å². The number of fused-ring (bicyclic) bond motifs is 12. The SMILES string of the molecule is FC(F)(F)c1cccc(-c2ccc(-n3c4ccccc4c4cc5c(cc43)oc3ccccc35)cc2-c2nc(-c3ccccc3)nc(-c3ccccc3)n2)c1-n1c2ccccc2c2cc3c(cc21)oc1ccccc13. The Balaban J connectivity index is 1.06. The molecule has 74 heavy (non-hydrogen) atoms. The Morgan fingerprint density at radius 3 is 1.38 bits per heavy atom. The van der Waals surface area contributed by atoms with E-state index in [1.165, 1.54) is 6.07 Å². The molecule has 7 nitrogen and oxygen atoms in total. The van der Waals surface area contributed by atoms with Crippen molar-refractivity contribution in [1.29, 1.82) is 0 Å². The number of furan rings is 2. The van der Waals surface area contributed by atoms with Gasteiger partial charge in [-0.2, -0.15) is 13.2 Å². The first-order chi connectivity index (χ1) is 36.3. The van der Waals surface area contributed by atoms with Gasteiger partial charge in [0.25, 0.3) is 0 Å². The molecule has 0 radical (unpaired) electrons. The third kappa shape index (κ3) is 6.37. The molecule has 10 aromatic carbocycles. The molecule has 0 atom stereocenters. The molecule has 0 unspecified atom stereocenters. The average molecular weight is 964 g/mol. The van der Waals surface area contributed by atoms with Gasteiger partial charge in [-0.05, 0) is 60.2 Å². The molecular formula is C64H36F3N5O2. The normalized spacial score (nSPS) is 12.3. The van der Waals surface area contributed by atoms with Gasteiger partial charge in [-0.15, -0.1) is 0 Å². The standard InChI is InChI=1S/C64H36F3N5O2/c65-64(66,67)51-25-15-24-45(60(51)72-53-27-12-8-21-42(53)47-34-49-44-23-10-14-29-57(44)74-59(49)36-55(47)72)40-31-30-39(32-50(40)63-69-61(37-16-3-1-4-17-37)68-62(70-63)38-18-5-2-6-19-38)71-52-26-11-7-20-41(52)46-33-48-43-22-9-13-28-56(43)73-58(48)35-54(46)71/h1-36H. The fraction of sp³-hybridized carbons (Fsp3) is 0.0156. The van der Waals surface area contributed by atoms with Crippen LogP contribution in [-0.2, 0) is 6.18 Å². The van der Waals surface area contributed by atoms with E-state index in [1.807, 2.05) is 170 Å². The van der Waals surface area contributed by atoms with Crippen LogP contribution < -0.4 is 0 Å². The Kier molecular flexibility index (Phi) is 8.98. The lowest BCUT2D eigenvalue weighted by atomic mass is 9.94. The quantitative estimate of drug-likeness (QED) is 0.166. The molecular weight excluding hydrogens is 928 g/mol. The van der Waals surface area contributed by atoms with Gasteiger partial charge < -0.3 is 18.0 Å². The van der Waals surface area contributed by atoms with Crippen LogP contribution in [0.3, 0.4) is 0 Å². The Morgan fingerprint density at radius 1 is 0.324 bits per heavy atom. The van der Waals surface area contributed by atoms with Crippen LogP contribution in [0, 0.1) is 0 Å². The fourth-order valence-corrected chi connectivity index (χ4v) is 11.1. The number of alkyl halides is 3. The van der Waals surface area contributed by atoms with Crippen LogP contribution in [0.15, 0.2) is 227 Å². The molecule has 0 saturated heterocycles. The van der Waals surface area contributed by atoms with Gasteiger partial charge >= 0.3 is 6.18 Å². The summed E-state index contributed by atoms with van der Waals surface area (Å²) in [5, 5.41) is 7.47. The van der Waals surface area contributed by atoms with Gasteiger partial charge in [0.2, 0.25) is 0 Å². The Bertz CT molecular complexity index is 4720. The van der Waals surface area contributed by atoms with Crippen molar-refractivity contribution in [3.8, 4) is 56.7 Å². The number of benzene rings is 10. The maximum absolute atomic E-state index is 16.1. The summed E-state index contributed by atoms with van der Waals surface area (Å²) >= 11 is 0. The van der Waals surface area contributed by atoms with E-state index in [9.17, 15) is 0 Å². The molecule has 0 saturated carbocycles. The summed E-state index contributed by atoms with van der Waals surface area (Å²) in [5.41, 5.74) is 8.49. The molecule has 0 spiro atoms. The first kappa shape index (κ1) is 41.9. The van der Waals surface area contributed by atoms with Gasteiger partial charge in [-0.3, -0.25) is 0 Å². The molecule has 5 heterocycles. The Hall–Kier alpha value is -9.80. The van der Waals surface area contributed by atoms with Crippen LogP contribution in [0.1, 0.15) is 5.56 Å². The monoisotopic (exact) mass is 963 g/mol. The smallest absolute Gasteiger partial charge is 0.418 e. The fourth-order valence-electron chi connectivity index (χ4n) is 11.1. The summed E-state index contributed by atoms with van der Waals surface area (Å²) in [5.74, 6) is 1.11. The topological polar surface area (TPSA) is 74.8 Å². The van der Waals surface area contributed by atoms with Crippen molar-refractivity contribution in [1.82, 2.24) is 24.1 Å². The van der Waals surface area contributed by atoms with Gasteiger partial charge in [-0.1, -0.05) is 152 Å². The third-order valence-corrected chi connectivity index (χ3v) is 14.4. The molecule has 350 valence electrons. The van der Waals surface area contributed by atoms with Gasteiger partial charge in [-0.25, -0.2) is 15.0 Å². The summed E-state index contributed by atoms with van der Waals surface area (Å²) in [6.45, 7) is 0. The van der Waals surface area contributed by atoms with Crippen molar-refractivity contribution in [3.05, 3.63) is 224 Å². The highest BCUT2D eigenvalue weighted by molar-refractivity contribution is 6.19. The average Bonchev–Trinajstić information content (AvgIpc) is 4.23. The minimum Gasteiger partial charge on any atom is -0.456 e. The highest BCUT2D eigenvalue weighted by Crippen LogP contribution is 2.48. The molecule has 0 N–H and O–H groups in total. The molecule has 15 rings (SSSR count). The van der Waals surface area contributed by atoms with Crippen LogP contribution in [0.4, 0.5) is 13.2 Å². The number of para-hydroxylation sites is 5. The Morgan fingerprint density at radius 2 is 0.811 bits per heavy atom. The van der Waals surface area contributed by atoms with Gasteiger partial charge in [0.05, 0.1) is 33.3 Å². The van der Waals surface area contributed by atoms with Gasteiger partial charge in [0.1, 0.15) is 22.3 Å². The minimum atomic E-state index is -4.77. The van der Waals surface area contributed by atoms with Crippen molar-refractivity contribution < 1.29 is 22.0 Å². The highest BCUT2D eigenvalue weighted by Gasteiger charge is 2.37. The molecule has 0 aliphatic carbocycles. The molecule has 0 bridgehead atoms. The lowest BCUT2D eigenvalue weighted by molar-refractivity contribution is -0.137. The van der Waals surface area contributed by atoms with Crippen LogP contribution in [0.25, 0.3) is 144 Å². The van der Waals surface area contributed by atoms with Crippen LogP contribution in [0.2, 0.25) is 0 Å². The second kappa shape index (κ2) is 15.9. The second-order valence-corrected chi connectivity index (χ2v) is 18.6. The van der Waals surface area contributed by atoms with Crippen molar-refractivity contribution >= 4 is 87.5 Å². The van der Waals surface area contributed by atoms with E-state index in [-0.39, 0.29) is 11.5 Å². The molecule has 10 heteroatoms. The lowest BCUT2D eigenvalue weighted by Gasteiger charge is -2.22. The van der Waals surface area contributed by atoms with Crippen LogP contribution in [-0.4, -0.2) is 24.1 Å². The number of hydrogen-bond acceptors (Lipinski definition) is 5. The minimum absolute atomic E-state index is 0.0413. The van der Waals surface area contributed by atoms with E-state index in [1.54, 1.807) is 10.6 Å². The summed E-state index contributed by atoms with van der Waals surface area (Å²) < 4.78 is 65.1. The summed E-state index contributed by atoms with van der Waals surface area (Å²) in [7, 11) is 0. The number of nitrogens with zero attached hydrogens (tertiary/aromatic N) is 5. The first-order valence-corrected chi connectivity index (χ1v) is 24.2. The van der Waals surface area contributed by atoms with Gasteiger partial charge in [0.15, 0.2) is 17.5 Å². The largest absolute Gasteiger partial charge is 0.456 e. The maximum atomic E-state index is 16.1. The molecule has 0 aliphatic heterocycles.